The lowest BCUT2D eigenvalue weighted by Crippen LogP contribution is -2.32. The molecule has 0 radical (unpaired) electrons. The number of hydrogen-bond acceptors (Lipinski definition) is 9. The van der Waals surface area contributed by atoms with Gasteiger partial charge in [-0.15, -0.1) is 0 Å². The molecule has 1 amide bonds. The number of aldehydes is 1. The number of aryl methyl sites for hydroxylation is 1. The molecule has 0 aliphatic carbocycles. The molecule has 0 bridgehead atoms. The van der Waals surface area contributed by atoms with Gasteiger partial charge in [0.2, 0.25) is 0 Å². The van der Waals surface area contributed by atoms with Crippen molar-refractivity contribution in [3.63, 3.8) is 0 Å². The van der Waals surface area contributed by atoms with Gasteiger partial charge in [0, 0.05) is 37.7 Å². The van der Waals surface area contributed by atoms with Crippen LogP contribution in [0.15, 0.2) is 35.1 Å². The molecule has 0 unspecified atom stereocenters. The van der Waals surface area contributed by atoms with E-state index < -0.39 is 18.0 Å². The lowest BCUT2D eigenvalue weighted by Gasteiger charge is -2.16. The summed E-state index contributed by atoms with van der Waals surface area (Å²) in [6, 6.07) is 7.47. The molecule has 3 heterocycles. The minimum absolute atomic E-state index is 0.114. The van der Waals surface area contributed by atoms with Gasteiger partial charge in [-0.05, 0) is 42.8 Å². The Balaban J connectivity index is 1.40. The molecule has 4 rings (SSSR count). The molecule has 1 atom stereocenters. The molecule has 1 saturated heterocycles. The van der Waals surface area contributed by atoms with Gasteiger partial charge in [-0.2, -0.15) is 0 Å². The third-order valence-electron chi connectivity index (χ3n) is 6.17. The van der Waals surface area contributed by atoms with E-state index in [1.165, 1.54) is 21.6 Å². The maximum Gasteiger partial charge on any atom is 0.416 e. The SMILES string of the molecule is CNc1nc(N2C[C@H](CNCCc3c(F)ccc4c(CO)cc(=O)n(C)c34)OC2=O)ccc1OCC=O. The maximum absolute atomic E-state index is 14.7. The molecule has 0 saturated carbocycles. The lowest BCUT2D eigenvalue weighted by atomic mass is 10.0. The van der Waals surface area contributed by atoms with E-state index in [0.29, 0.717) is 58.8 Å². The number of nitrogens with one attached hydrogen (secondary N) is 2. The molecule has 2 aromatic heterocycles. The lowest BCUT2D eigenvalue weighted by molar-refractivity contribution is -0.109. The Bertz CT molecular complexity index is 1380. The average Bonchev–Trinajstić information content (AvgIpc) is 3.28. The molecule has 12 heteroatoms. The fourth-order valence-electron chi connectivity index (χ4n) is 4.35. The number of pyridine rings is 2. The van der Waals surface area contributed by atoms with Gasteiger partial charge >= 0.3 is 6.09 Å². The number of nitrogens with zero attached hydrogens (tertiary/aromatic N) is 3. The van der Waals surface area contributed by atoms with Crippen LogP contribution in [0.1, 0.15) is 11.1 Å². The number of halogens is 1. The van der Waals surface area contributed by atoms with Crippen LogP contribution in [0.2, 0.25) is 0 Å². The highest BCUT2D eigenvalue weighted by Crippen LogP contribution is 2.28. The summed E-state index contributed by atoms with van der Waals surface area (Å²) in [5.41, 5.74) is 0.936. The number of carbonyl (C=O) groups excluding carboxylic acids is 2. The zero-order valence-corrected chi connectivity index (χ0v) is 20.5. The smallest absolute Gasteiger partial charge is 0.416 e. The van der Waals surface area contributed by atoms with Crippen molar-refractivity contribution in [1.29, 1.82) is 0 Å². The van der Waals surface area contributed by atoms with Crippen molar-refractivity contribution in [3.05, 3.63) is 57.6 Å². The highest BCUT2D eigenvalue weighted by molar-refractivity contribution is 5.89. The van der Waals surface area contributed by atoms with Gasteiger partial charge in [-0.25, -0.2) is 14.2 Å². The molecule has 196 valence electrons. The van der Waals surface area contributed by atoms with E-state index in [0.717, 1.165) is 0 Å². The number of aromatic nitrogens is 2. The van der Waals surface area contributed by atoms with Crippen LogP contribution in [-0.2, 0) is 29.6 Å². The molecule has 3 aromatic rings. The van der Waals surface area contributed by atoms with E-state index in [1.54, 1.807) is 32.3 Å². The van der Waals surface area contributed by atoms with Crippen LogP contribution in [0.4, 0.5) is 20.8 Å². The van der Waals surface area contributed by atoms with Crippen molar-refractivity contribution in [1.82, 2.24) is 14.9 Å². The van der Waals surface area contributed by atoms with Crippen LogP contribution < -0.4 is 25.8 Å². The summed E-state index contributed by atoms with van der Waals surface area (Å²) in [5.74, 6) is 0.691. The average molecular weight is 514 g/mol. The minimum atomic E-state index is -0.547. The van der Waals surface area contributed by atoms with Gasteiger partial charge in [-0.3, -0.25) is 14.5 Å². The van der Waals surface area contributed by atoms with Crippen molar-refractivity contribution in [2.75, 3.05) is 43.5 Å². The van der Waals surface area contributed by atoms with Crippen LogP contribution in [0.3, 0.4) is 0 Å². The summed E-state index contributed by atoms with van der Waals surface area (Å²) in [5, 5.41) is 16.3. The summed E-state index contributed by atoms with van der Waals surface area (Å²) >= 11 is 0. The standard InChI is InChI=1S/C25H28FN5O6/c1-27-24-20(36-10-9-32)5-6-21(29-24)31-13-16(37-25(31)35)12-28-8-7-18-19(26)4-3-17-15(14-33)11-22(34)30(2)23(17)18/h3-6,9,11,16,28,33H,7-8,10,12-14H2,1-2H3,(H,27,29)/t16-/m0/s1. The Hall–Kier alpha value is -4.03. The Labute approximate surface area is 211 Å². The van der Waals surface area contributed by atoms with Gasteiger partial charge < -0.3 is 29.8 Å². The monoisotopic (exact) mass is 513 g/mol. The van der Waals surface area contributed by atoms with Crippen molar-refractivity contribution in [2.24, 2.45) is 7.05 Å². The summed E-state index contributed by atoms with van der Waals surface area (Å²) in [6.07, 6.45) is -0.0915. The summed E-state index contributed by atoms with van der Waals surface area (Å²) in [7, 11) is 3.22. The Morgan fingerprint density at radius 2 is 2.11 bits per heavy atom. The van der Waals surface area contributed by atoms with Crippen molar-refractivity contribution in [2.45, 2.75) is 19.1 Å². The second kappa shape index (κ2) is 11.4. The summed E-state index contributed by atoms with van der Waals surface area (Å²) in [6.45, 7) is 0.518. The quantitative estimate of drug-likeness (QED) is 0.256. The first-order valence-corrected chi connectivity index (χ1v) is 11.7. The topological polar surface area (TPSA) is 135 Å². The number of carbonyl (C=O) groups is 2. The largest absolute Gasteiger partial charge is 0.482 e. The van der Waals surface area contributed by atoms with E-state index in [4.69, 9.17) is 9.47 Å². The normalized spacial score (nSPS) is 15.2. The fourth-order valence-corrected chi connectivity index (χ4v) is 4.35. The molecule has 1 aliphatic heterocycles. The van der Waals surface area contributed by atoms with E-state index in [9.17, 15) is 23.9 Å². The first-order chi connectivity index (χ1) is 17.9. The fraction of sp³-hybridized carbons (Fsp3) is 0.360. The Kier molecular flexibility index (Phi) is 7.99. The Morgan fingerprint density at radius 3 is 2.84 bits per heavy atom. The number of cyclic esters (lactones) is 1. The second-order valence-corrected chi connectivity index (χ2v) is 8.46. The van der Waals surface area contributed by atoms with E-state index in [-0.39, 0.29) is 31.7 Å². The maximum atomic E-state index is 14.7. The Morgan fingerprint density at radius 1 is 1.30 bits per heavy atom. The van der Waals surface area contributed by atoms with Crippen molar-refractivity contribution < 1.29 is 28.6 Å². The number of anilines is 2. The second-order valence-electron chi connectivity index (χ2n) is 8.46. The van der Waals surface area contributed by atoms with Crippen molar-refractivity contribution >= 4 is 34.9 Å². The van der Waals surface area contributed by atoms with Gasteiger partial charge in [0.15, 0.2) is 17.9 Å². The predicted molar refractivity (Wildman–Crippen MR) is 135 cm³/mol. The number of ether oxygens (including phenoxy) is 2. The van der Waals surface area contributed by atoms with E-state index in [1.807, 2.05) is 0 Å². The number of fused-ring (bicyclic) bond motifs is 1. The van der Waals surface area contributed by atoms with Crippen LogP contribution in [0.25, 0.3) is 10.9 Å². The summed E-state index contributed by atoms with van der Waals surface area (Å²) in [4.78, 5) is 41.1. The van der Waals surface area contributed by atoms with Gasteiger partial charge in [0.05, 0.1) is 18.7 Å². The molecule has 0 spiro atoms. The van der Waals surface area contributed by atoms with Gasteiger partial charge in [-0.1, -0.05) is 0 Å². The third kappa shape index (κ3) is 5.39. The number of amides is 1. The highest BCUT2D eigenvalue weighted by atomic mass is 19.1. The third-order valence-corrected chi connectivity index (χ3v) is 6.17. The highest BCUT2D eigenvalue weighted by Gasteiger charge is 2.33. The molecule has 3 N–H and O–H groups in total. The number of aliphatic hydroxyl groups excluding tert-OH is 1. The zero-order valence-electron chi connectivity index (χ0n) is 20.5. The summed E-state index contributed by atoms with van der Waals surface area (Å²) < 4.78 is 26.9. The number of rotatable bonds is 11. The van der Waals surface area contributed by atoms with Crippen molar-refractivity contribution in [3.8, 4) is 5.75 Å². The minimum Gasteiger partial charge on any atom is -0.482 e. The van der Waals surface area contributed by atoms with Crippen LogP contribution in [0.5, 0.6) is 5.75 Å². The molecular formula is C25H28FN5O6. The van der Waals surface area contributed by atoms with E-state index >= 15 is 0 Å². The van der Waals surface area contributed by atoms with Crippen LogP contribution in [-0.4, -0.2) is 66.4 Å². The van der Waals surface area contributed by atoms with Crippen LogP contribution in [0, 0.1) is 5.82 Å². The van der Waals surface area contributed by atoms with E-state index in [2.05, 4.69) is 15.6 Å². The molecule has 1 fully saturated rings. The van der Waals surface area contributed by atoms with Gasteiger partial charge in [0.1, 0.15) is 24.3 Å². The molecule has 11 nitrogen and oxygen atoms in total. The molecule has 1 aromatic carbocycles. The number of hydrogen-bond donors (Lipinski definition) is 3. The predicted octanol–water partition coefficient (Wildman–Crippen LogP) is 1.34. The molecular weight excluding hydrogens is 485 g/mol. The van der Waals surface area contributed by atoms with Gasteiger partial charge in [0.25, 0.3) is 5.56 Å². The number of benzene rings is 1. The zero-order chi connectivity index (χ0) is 26.5. The number of aliphatic hydroxyl groups is 1. The first-order valence-electron chi connectivity index (χ1n) is 11.7. The van der Waals surface area contributed by atoms with Crippen LogP contribution >= 0.6 is 0 Å². The molecule has 37 heavy (non-hydrogen) atoms. The molecule has 1 aliphatic rings. The first kappa shape index (κ1) is 26.0.